The molecule has 2 amide bonds. The van der Waals surface area contributed by atoms with Gasteiger partial charge in [-0.2, -0.15) is 0 Å². The van der Waals surface area contributed by atoms with Crippen LogP contribution in [-0.4, -0.2) is 45.9 Å². The number of carboxylic acid groups (broad SMARTS) is 1. The van der Waals surface area contributed by atoms with Gasteiger partial charge >= 0.3 is 5.97 Å². The van der Waals surface area contributed by atoms with Crippen LogP contribution < -0.4 is 5.32 Å². The van der Waals surface area contributed by atoms with Crippen LogP contribution in [0.25, 0.3) is 0 Å². The van der Waals surface area contributed by atoms with Crippen LogP contribution in [0.5, 0.6) is 0 Å². The van der Waals surface area contributed by atoms with E-state index >= 15 is 0 Å². The lowest BCUT2D eigenvalue weighted by Gasteiger charge is -2.28. The van der Waals surface area contributed by atoms with Crippen molar-refractivity contribution in [2.75, 3.05) is 6.54 Å². The molecule has 2 atom stereocenters. The number of carbonyl (C=O) groups excluding carboxylic acids is 2. The number of hydrogen-bond acceptors (Lipinski definition) is 3. The quantitative estimate of drug-likeness (QED) is 0.797. The fourth-order valence-corrected chi connectivity index (χ4v) is 3.82. The van der Waals surface area contributed by atoms with Gasteiger partial charge in [0.2, 0.25) is 11.8 Å². The first-order valence-electron chi connectivity index (χ1n) is 8.26. The Balaban J connectivity index is 1.63. The van der Waals surface area contributed by atoms with Gasteiger partial charge in [0.15, 0.2) is 0 Å². The largest absolute Gasteiger partial charge is 0.480 e. The maximum Gasteiger partial charge on any atom is 0.329 e. The second-order valence-electron chi connectivity index (χ2n) is 7.16. The summed E-state index contributed by atoms with van der Waals surface area (Å²) in [7, 11) is 0. The summed E-state index contributed by atoms with van der Waals surface area (Å²) < 4.78 is 0. The lowest BCUT2D eigenvalue weighted by Crippen LogP contribution is -2.55. The van der Waals surface area contributed by atoms with E-state index in [9.17, 15) is 19.5 Å². The number of nitrogens with one attached hydrogen (secondary N) is 1. The molecule has 1 aliphatic heterocycles. The number of aliphatic carboxylic acids is 1. The normalized spacial score (nSPS) is 28.7. The zero-order valence-electron chi connectivity index (χ0n) is 13.0. The van der Waals surface area contributed by atoms with Crippen LogP contribution in [0.4, 0.5) is 0 Å². The molecule has 3 rings (SSSR count). The van der Waals surface area contributed by atoms with Crippen molar-refractivity contribution in [3.05, 3.63) is 0 Å². The molecule has 1 heterocycles. The average molecular weight is 308 g/mol. The van der Waals surface area contributed by atoms with E-state index in [-0.39, 0.29) is 30.2 Å². The minimum atomic E-state index is -1.19. The molecule has 0 bridgehead atoms. The van der Waals surface area contributed by atoms with Crippen LogP contribution in [-0.2, 0) is 14.4 Å². The predicted octanol–water partition coefficient (Wildman–Crippen LogP) is 1.15. The van der Waals surface area contributed by atoms with E-state index in [2.05, 4.69) is 5.32 Å². The minimum absolute atomic E-state index is 0.0111. The smallest absolute Gasteiger partial charge is 0.329 e. The van der Waals surface area contributed by atoms with E-state index in [4.69, 9.17) is 0 Å². The molecule has 6 heteroatoms. The zero-order chi connectivity index (χ0) is 15.9. The van der Waals surface area contributed by atoms with Crippen molar-refractivity contribution >= 4 is 17.8 Å². The van der Waals surface area contributed by atoms with Gasteiger partial charge in [-0.3, -0.25) is 9.59 Å². The standard InChI is InChI=1S/C16H24N2O4/c1-16(15(21)22,11-6-7-11)17-14(20)10-8-13(19)18(9-10)12-4-2-3-5-12/h10-12H,2-9H2,1H3,(H,17,20)(H,21,22)/t10-,16-/m1/s1. The first kappa shape index (κ1) is 15.3. The van der Waals surface area contributed by atoms with Gasteiger partial charge in [-0.1, -0.05) is 12.8 Å². The molecule has 122 valence electrons. The van der Waals surface area contributed by atoms with Gasteiger partial charge in [0, 0.05) is 19.0 Å². The first-order chi connectivity index (χ1) is 10.4. The lowest BCUT2D eigenvalue weighted by molar-refractivity contribution is -0.148. The molecule has 0 aromatic rings. The highest BCUT2D eigenvalue weighted by Gasteiger charge is 2.50. The van der Waals surface area contributed by atoms with E-state index in [0.717, 1.165) is 38.5 Å². The third-order valence-corrected chi connectivity index (χ3v) is 5.52. The van der Waals surface area contributed by atoms with E-state index in [0.29, 0.717) is 6.54 Å². The molecule has 2 saturated carbocycles. The number of carboxylic acids is 1. The van der Waals surface area contributed by atoms with Gasteiger partial charge in [-0.25, -0.2) is 4.79 Å². The number of likely N-dealkylation sites (tertiary alicyclic amines) is 1. The molecule has 3 fully saturated rings. The number of rotatable bonds is 5. The van der Waals surface area contributed by atoms with Gasteiger partial charge < -0.3 is 15.3 Å². The lowest BCUT2D eigenvalue weighted by atomic mass is 9.94. The molecule has 0 unspecified atom stereocenters. The Labute approximate surface area is 130 Å². The van der Waals surface area contributed by atoms with Crippen LogP contribution in [0.3, 0.4) is 0 Å². The van der Waals surface area contributed by atoms with Gasteiger partial charge in [-0.15, -0.1) is 0 Å². The van der Waals surface area contributed by atoms with Crippen LogP contribution >= 0.6 is 0 Å². The monoisotopic (exact) mass is 308 g/mol. The first-order valence-corrected chi connectivity index (χ1v) is 8.26. The number of nitrogens with zero attached hydrogens (tertiary/aromatic N) is 1. The van der Waals surface area contributed by atoms with Crippen molar-refractivity contribution in [3.63, 3.8) is 0 Å². The number of amides is 2. The summed E-state index contributed by atoms with van der Waals surface area (Å²) in [6.45, 7) is 2.02. The summed E-state index contributed by atoms with van der Waals surface area (Å²) in [6.07, 6.45) is 6.21. The topological polar surface area (TPSA) is 86.7 Å². The Kier molecular flexibility index (Phi) is 3.87. The summed E-state index contributed by atoms with van der Waals surface area (Å²) in [4.78, 5) is 37.9. The molecule has 2 N–H and O–H groups in total. The fraction of sp³-hybridized carbons (Fsp3) is 0.812. The number of hydrogen-bond donors (Lipinski definition) is 2. The van der Waals surface area contributed by atoms with Crippen molar-refractivity contribution in [2.24, 2.45) is 11.8 Å². The third kappa shape index (κ3) is 2.71. The predicted molar refractivity (Wildman–Crippen MR) is 79.0 cm³/mol. The van der Waals surface area contributed by atoms with Crippen molar-refractivity contribution in [3.8, 4) is 0 Å². The SMILES string of the molecule is C[C@](NC(=O)[C@@H]1CC(=O)N(C2CCCC2)C1)(C(=O)O)C1CC1. The minimum Gasteiger partial charge on any atom is -0.480 e. The van der Waals surface area contributed by atoms with E-state index in [1.165, 1.54) is 0 Å². The van der Waals surface area contributed by atoms with Crippen molar-refractivity contribution in [1.82, 2.24) is 10.2 Å². The van der Waals surface area contributed by atoms with E-state index < -0.39 is 17.4 Å². The molecule has 0 aromatic carbocycles. The van der Waals surface area contributed by atoms with Crippen molar-refractivity contribution in [1.29, 1.82) is 0 Å². The van der Waals surface area contributed by atoms with Gasteiger partial charge in [-0.05, 0) is 38.5 Å². The van der Waals surface area contributed by atoms with Crippen LogP contribution in [0.1, 0.15) is 51.9 Å². The molecule has 2 aliphatic carbocycles. The Morgan fingerprint density at radius 1 is 1.23 bits per heavy atom. The summed E-state index contributed by atoms with van der Waals surface area (Å²) in [5.74, 6) is -1.64. The molecular formula is C16H24N2O4. The third-order valence-electron chi connectivity index (χ3n) is 5.52. The maximum atomic E-state index is 12.5. The van der Waals surface area contributed by atoms with Crippen molar-refractivity contribution < 1.29 is 19.5 Å². The molecule has 1 saturated heterocycles. The maximum absolute atomic E-state index is 12.5. The molecular weight excluding hydrogens is 284 g/mol. The fourth-order valence-electron chi connectivity index (χ4n) is 3.82. The summed E-state index contributed by atoms with van der Waals surface area (Å²) in [6, 6.07) is 0.277. The van der Waals surface area contributed by atoms with Crippen molar-refractivity contribution in [2.45, 2.75) is 63.5 Å². The number of carbonyl (C=O) groups is 3. The second-order valence-corrected chi connectivity index (χ2v) is 7.16. The molecule has 3 aliphatic rings. The molecule has 0 aromatic heterocycles. The molecule has 0 spiro atoms. The summed E-state index contributed by atoms with van der Waals surface area (Å²) in [5, 5.41) is 12.1. The van der Waals surface area contributed by atoms with Crippen LogP contribution in [0.15, 0.2) is 0 Å². The Hall–Kier alpha value is -1.59. The van der Waals surface area contributed by atoms with E-state index in [1.807, 2.05) is 4.90 Å². The zero-order valence-corrected chi connectivity index (χ0v) is 13.0. The summed E-state index contributed by atoms with van der Waals surface area (Å²) >= 11 is 0. The van der Waals surface area contributed by atoms with Gasteiger partial charge in [0.25, 0.3) is 0 Å². The molecule has 6 nitrogen and oxygen atoms in total. The highest BCUT2D eigenvalue weighted by atomic mass is 16.4. The molecule has 22 heavy (non-hydrogen) atoms. The summed E-state index contributed by atoms with van der Waals surface area (Å²) in [5.41, 5.74) is -1.19. The average Bonchev–Trinajstić information content (AvgIpc) is 3.05. The molecule has 0 radical (unpaired) electrons. The Bertz CT molecular complexity index is 496. The second kappa shape index (κ2) is 5.56. The van der Waals surface area contributed by atoms with Crippen LogP contribution in [0.2, 0.25) is 0 Å². The highest BCUT2D eigenvalue weighted by Crippen LogP contribution is 2.40. The Morgan fingerprint density at radius 2 is 1.86 bits per heavy atom. The highest BCUT2D eigenvalue weighted by molar-refractivity contribution is 5.93. The van der Waals surface area contributed by atoms with Gasteiger partial charge in [0.1, 0.15) is 5.54 Å². The Morgan fingerprint density at radius 3 is 2.41 bits per heavy atom. The van der Waals surface area contributed by atoms with Crippen LogP contribution in [0, 0.1) is 11.8 Å². The van der Waals surface area contributed by atoms with E-state index in [1.54, 1.807) is 6.92 Å². The van der Waals surface area contributed by atoms with Gasteiger partial charge in [0.05, 0.1) is 5.92 Å².